The highest BCUT2D eigenvalue weighted by Crippen LogP contribution is 2.62. The van der Waals surface area contributed by atoms with Crippen molar-refractivity contribution >= 4 is 91.1 Å². The maximum absolute atomic E-state index is 13.1. The van der Waals surface area contributed by atoms with Crippen molar-refractivity contribution in [1.29, 1.82) is 0 Å². The normalized spacial score (nSPS) is 19.5. The van der Waals surface area contributed by atoms with Gasteiger partial charge in [0.05, 0.1) is 31.3 Å². The quantitative estimate of drug-likeness (QED) is 0.0436. The molecule has 4 N–H and O–H groups in total. The predicted octanol–water partition coefficient (Wildman–Crippen LogP) is 16.4. The number of amides is 8. The van der Waals surface area contributed by atoms with Gasteiger partial charge < -0.3 is 67.8 Å². The number of nitrogens with zero attached hydrogens (tertiary/aromatic N) is 13. The standard InChI is InChI=1S/C29H30N4O3.C28H32N4O3.C26H26N6O3.C25H25F2N3O4/c1-20-3-2-12-33(20)19-21-4-6-22(7-5-21)28(35)32-13-9-29(10-14-32)16-24(29)17-31-27(34)25-15-23-8-11-30-18-26(23)36-25;33-26(24-15-22-7-10-29-18-25(22)35-24)30-17-23-16-28(23)8-13-32(14-9-28)27(34)21-5-3-20(4-6-21)19-31-11-1-2-12-31;33-24(22-11-19-4-7-27-14-23(19)35-22)29-13-21-12-26(21)5-8-31(9-6-26)25(34)20-3-1-2-18(10-20)15-32-17-28-16-30-32;1-24(26,27)34-19-4-2-16(3-5-19)23(32)30-10-7-25(8-11-30)13-18(25)14-29-22(31)20-12-17-6-9-28-15-21(17)33-20/h2-8,11-12,15,18,24H,9-10,13-14,16-17,19H2,1H3,(H,31,34);3-7,10,15,18,23H,1-2,8-9,11-14,16-17,19H2,(H,30,33);1-4,7,10-11,14,16-17,21H,5-6,8-9,12-13,15H2,(H,29,33);2-6,9,12,15,18H,7-8,10-11,13-14H2,1H3,(H,29,31). The van der Waals surface area contributed by atoms with Crippen LogP contribution in [0.1, 0.15) is 203 Å². The van der Waals surface area contributed by atoms with E-state index in [1.54, 1.807) is 95.8 Å². The molecule has 9 fully saturated rings. The summed E-state index contributed by atoms with van der Waals surface area (Å²) in [5, 5.41) is 19.7. The molecular formula is C108H113F2N17O13. The highest BCUT2D eigenvalue weighted by Gasteiger charge is 2.58. The Morgan fingerprint density at radius 1 is 0.393 bits per heavy atom. The van der Waals surface area contributed by atoms with Crippen molar-refractivity contribution in [2.45, 2.75) is 129 Å². The van der Waals surface area contributed by atoms with Gasteiger partial charge in [-0.05, 0) is 293 Å². The van der Waals surface area contributed by atoms with Crippen molar-refractivity contribution < 1.29 is 69.5 Å². The third-order valence-corrected chi connectivity index (χ3v) is 30.6. The summed E-state index contributed by atoms with van der Waals surface area (Å²) in [6.07, 6.45) is 29.7. The Morgan fingerprint density at radius 2 is 0.743 bits per heavy atom. The number of fused-ring (bicyclic) bond motifs is 4. The topological polar surface area (TPSA) is 350 Å². The highest BCUT2D eigenvalue weighted by atomic mass is 19.3. The molecule has 4 atom stereocenters. The second-order valence-electron chi connectivity index (χ2n) is 39.5. The molecule has 32 heteroatoms. The number of hydrogen-bond donors (Lipinski definition) is 4. The van der Waals surface area contributed by atoms with Crippen molar-refractivity contribution in [3.63, 3.8) is 0 Å². The van der Waals surface area contributed by atoms with Crippen molar-refractivity contribution in [1.82, 2.24) is 85.0 Å². The van der Waals surface area contributed by atoms with Crippen LogP contribution in [0.5, 0.6) is 5.75 Å². The van der Waals surface area contributed by atoms with Gasteiger partial charge in [0.15, 0.2) is 45.4 Å². The van der Waals surface area contributed by atoms with Gasteiger partial charge in [-0.15, -0.1) is 0 Å². The molecule has 4 saturated carbocycles. The summed E-state index contributed by atoms with van der Waals surface area (Å²) >= 11 is 0. The Hall–Kier alpha value is -14.6. The number of hydrogen-bond acceptors (Lipinski definition) is 20. The smallest absolute Gasteiger partial charge is 0.394 e. The molecule has 9 aliphatic rings. The molecule has 5 aliphatic heterocycles. The van der Waals surface area contributed by atoms with Crippen LogP contribution in [0.3, 0.4) is 0 Å². The highest BCUT2D eigenvalue weighted by molar-refractivity contribution is 6.00. The molecule has 0 radical (unpaired) electrons. The van der Waals surface area contributed by atoms with Crippen LogP contribution < -0.4 is 26.0 Å². The van der Waals surface area contributed by atoms with E-state index < -0.39 is 6.11 Å². The Kier molecular flexibility index (Phi) is 26.4. The lowest BCUT2D eigenvalue weighted by Gasteiger charge is -2.33. The first-order valence-corrected chi connectivity index (χ1v) is 48.7. The molecule has 30 nitrogen and oxygen atoms in total. The van der Waals surface area contributed by atoms with E-state index in [9.17, 15) is 47.1 Å². The van der Waals surface area contributed by atoms with Gasteiger partial charge in [-0.25, -0.2) is 9.67 Å². The number of furan rings is 4. The molecule has 4 aromatic carbocycles. The number of alkyl halides is 2. The van der Waals surface area contributed by atoms with Gasteiger partial charge in [-0.3, -0.25) is 63.2 Å². The number of aryl methyl sites for hydroxylation is 1. The largest absolute Gasteiger partial charge is 0.449 e. The van der Waals surface area contributed by atoms with Crippen molar-refractivity contribution in [2.24, 2.45) is 45.3 Å². The number of carbonyl (C=O) groups is 8. The van der Waals surface area contributed by atoms with Crippen LogP contribution in [0, 0.1) is 52.3 Å². The molecule has 10 aromatic heterocycles. The van der Waals surface area contributed by atoms with Crippen LogP contribution in [0.2, 0.25) is 0 Å². The van der Waals surface area contributed by atoms with E-state index >= 15 is 0 Å². The third-order valence-electron chi connectivity index (χ3n) is 30.6. The van der Waals surface area contributed by atoms with Gasteiger partial charge in [-0.2, -0.15) is 13.9 Å². The van der Waals surface area contributed by atoms with E-state index in [2.05, 4.69) is 109 Å². The van der Waals surface area contributed by atoms with E-state index in [1.807, 2.05) is 87.5 Å². The molecular weight excluding hydrogens is 1780 g/mol. The van der Waals surface area contributed by atoms with E-state index in [0.717, 1.165) is 168 Å². The van der Waals surface area contributed by atoms with Crippen molar-refractivity contribution in [3.05, 3.63) is 294 Å². The van der Waals surface area contributed by atoms with Gasteiger partial charge in [0.1, 0.15) is 18.4 Å². The lowest BCUT2D eigenvalue weighted by molar-refractivity contribution is -0.159. The number of halogens is 2. The molecule has 722 valence electrons. The maximum Gasteiger partial charge on any atom is 0.394 e. The van der Waals surface area contributed by atoms with E-state index in [1.165, 1.54) is 73.3 Å². The number of benzene rings is 4. The van der Waals surface area contributed by atoms with Gasteiger partial charge in [0, 0.05) is 179 Å². The van der Waals surface area contributed by atoms with Crippen molar-refractivity contribution in [2.75, 3.05) is 91.6 Å². The number of rotatable bonds is 24. The summed E-state index contributed by atoms with van der Waals surface area (Å²) in [7, 11) is 0. The number of ether oxygens (including phenoxy) is 1. The molecule has 5 saturated heterocycles. The second-order valence-corrected chi connectivity index (χ2v) is 39.5. The van der Waals surface area contributed by atoms with Crippen LogP contribution in [0.25, 0.3) is 43.9 Å². The molecule has 4 spiro atoms. The SMILES string of the molecule is CC(F)(F)Oc1ccc(C(=O)N2CCC3(CC2)CC3CNC(=O)c2cc3ccncc3o2)cc1.Cc1cccn1Cc1ccc(C(=O)N2CCC3(CC2)CC3CNC(=O)c2cc3ccncc3o2)cc1.O=C(NCC1CC12CCN(C(=O)c1ccc(CN3CCCC3)cc1)CC2)c1cc2ccncc2o1.O=C(NCC1CC12CCN(C(=O)c1cccc(Cn3cncn3)c1)CC2)c1cc2ccncc2o1. The third kappa shape index (κ3) is 21.3. The Morgan fingerprint density at radius 3 is 1.07 bits per heavy atom. The van der Waals surface area contributed by atoms with E-state index in [-0.39, 0.29) is 80.4 Å². The zero-order chi connectivity index (χ0) is 96.3. The lowest BCUT2D eigenvalue weighted by atomic mass is 9.90. The molecule has 14 aromatic rings. The van der Waals surface area contributed by atoms with Gasteiger partial charge in [0.25, 0.3) is 47.3 Å². The summed E-state index contributed by atoms with van der Waals surface area (Å²) in [6, 6.07) is 48.1. The van der Waals surface area contributed by atoms with Crippen LogP contribution in [0.4, 0.5) is 8.78 Å². The van der Waals surface area contributed by atoms with Crippen LogP contribution >= 0.6 is 0 Å². The average Bonchev–Trinajstić information content (AvgIpc) is 1.60. The molecule has 23 rings (SSSR count). The molecule has 15 heterocycles. The van der Waals surface area contributed by atoms with Crippen LogP contribution in [-0.2, 0) is 19.6 Å². The number of likely N-dealkylation sites (tertiary alicyclic amines) is 5. The zero-order valence-corrected chi connectivity index (χ0v) is 78.5. The average molecular weight is 1900 g/mol. The number of pyridine rings is 4. The number of carbonyl (C=O) groups excluding carboxylic acids is 8. The van der Waals surface area contributed by atoms with E-state index in [0.29, 0.717) is 127 Å². The number of aromatic nitrogens is 8. The first kappa shape index (κ1) is 93.1. The summed E-state index contributed by atoms with van der Waals surface area (Å²) < 4.78 is 56.8. The Balaban J connectivity index is 0.000000115. The second kappa shape index (κ2) is 39.7. The summed E-state index contributed by atoms with van der Waals surface area (Å²) in [5.41, 5.74) is 10.7. The first-order valence-electron chi connectivity index (χ1n) is 48.7. The molecule has 4 aliphatic carbocycles. The molecule has 4 unspecified atom stereocenters. The fraction of sp³-hybridized carbons (Fsp3) is 0.389. The number of piperidine rings is 4. The number of nitrogens with one attached hydrogen (secondary N) is 4. The van der Waals surface area contributed by atoms with Crippen molar-refractivity contribution in [3.8, 4) is 5.75 Å². The summed E-state index contributed by atoms with van der Waals surface area (Å²) in [5.74, 6) is 2.43. The summed E-state index contributed by atoms with van der Waals surface area (Å²) in [6.45, 7) is 15.9. The first-order chi connectivity index (χ1) is 67.9. The van der Waals surface area contributed by atoms with Gasteiger partial charge >= 0.3 is 6.11 Å². The van der Waals surface area contributed by atoms with E-state index in [4.69, 9.17) is 17.7 Å². The minimum absolute atomic E-state index is 0.0174. The Bertz CT molecular complexity index is 6710. The van der Waals surface area contributed by atoms with Gasteiger partial charge in [0.2, 0.25) is 0 Å². The zero-order valence-electron chi connectivity index (χ0n) is 78.5. The van der Waals surface area contributed by atoms with Crippen LogP contribution in [-0.4, -0.2) is 209 Å². The fourth-order valence-corrected chi connectivity index (χ4v) is 21.6. The molecule has 0 bridgehead atoms. The lowest BCUT2D eigenvalue weighted by Crippen LogP contribution is -2.40. The van der Waals surface area contributed by atoms with Gasteiger partial charge in [-0.1, -0.05) is 36.4 Å². The fourth-order valence-electron chi connectivity index (χ4n) is 21.6. The minimum Gasteiger partial charge on any atom is -0.449 e. The maximum atomic E-state index is 13.1. The van der Waals surface area contributed by atoms with Crippen LogP contribution in [0.15, 0.2) is 244 Å². The minimum atomic E-state index is -3.27. The Labute approximate surface area is 807 Å². The summed E-state index contributed by atoms with van der Waals surface area (Å²) in [4.78, 5) is 133. The molecule has 8 amide bonds. The monoisotopic (exact) mass is 1890 g/mol. The predicted molar refractivity (Wildman–Crippen MR) is 517 cm³/mol. The molecule has 140 heavy (non-hydrogen) atoms.